The SMILES string of the molecule is NCc1ccc(Cn2cc(Br)cn2)cc1. The second-order valence-electron chi connectivity index (χ2n) is 3.38. The number of hydrogen-bond acceptors (Lipinski definition) is 2. The van der Waals surface area contributed by atoms with Crippen LogP contribution in [-0.2, 0) is 13.1 Å². The van der Waals surface area contributed by atoms with Crippen LogP contribution in [0.4, 0.5) is 0 Å². The van der Waals surface area contributed by atoms with Gasteiger partial charge in [-0.25, -0.2) is 0 Å². The molecular formula is C11H12BrN3. The van der Waals surface area contributed by atoms with E-state index in [0.29, 0.717) is 6.54 Å². The number of hydrogen-bond donors (Lipinski definition) is 1. The maximum Gasteiger partial charge on any atom is 0.0659 e. The minimum atomic E-state index is 0.591. The normalized spacial score (nSPS) is 10.5. The Morgan fingerprint density at radius 1 is 1.20 bits per heavy atom. The minimum Gasteiger partial charge on any atom is -0.326 e. The molecule has 0 spiro atoms. The van der Waals surface area contributed by atoms with Gasteiger partial charge in [0.1, 0.15) is 0 Å². The van der Waals surface area contributed by atoms with E-state index in [1.807, 2.05) is 23.0 Å². The van der Waals surface area contributed by atoms with E-state index in [9.17, 15) is 0 Å². The summed E-state index contributed by atoms with van der Waals surface area (Å²) in [7, 11) is 0. The fraction of sp³-hybridized carbons (Fsp3) is 0.182. The van der Waals surface area contributed by atoms with Crippen molar-refractivity contribution in [1.29, 1.82) is 0 Å². The number of halogens is 1. The number of benzene rings is 1. The smallest absolute Gasteiger partial charge is 0.0659 e. The molecule has 0 fully saturated rings. The summed E-state index contributed by atoms with van der Waals surface area (Å²) in [6, 6.07) is 8.26. The average Bonchev–Trinajstić information content (AvgIpc) is 2.65. The molecule has 0 aliphatic rings. The van der Waals surface area contributed by atoms with Crippen molar-refractivity contribution in [2.75, 3.05) is 0 Å². The summed E-state index contributed by atoms with van der Waals surface area (Å²) in [5, 5.41) is 4.20. The molecule has 0 radical (unpaired) electrons. The average molecular weight is 266 g/mol. The lowest BCUT2D eigenvalue weighted by Crippen LogP contribution is -2.01. The molecule has 2 aromatic rings. The van der Waals surface area contributed by atoms with Crippen molar-refractivity contribution < 1.29 is 0 Å². The van der Waals surface area contributed by atoms with Gasteiger partial charge in [-0.2, -0.15) is 5.10 Å². The summed E-state index contributed by atoms with van der Waals surface area (Å²) < 4.78 is 2.89. The van der Waals surface area contributed by atoms with E-state index < -0.39 is 0 Å². The summed E-state index contributed by atoms with van der Waals surface area (Å²) in [6.07, 6.45) is 3.74. The van der Waals surface area contributed by atoms with Crippen LogP contribution in [0.3, 0.4) is 0 Å². The second kappa shape index (κ2) is 4.59. The molecule has 0 amide bonds. The van der Waals surface area contributed by atoms with Crippen LogP contribution in [0.1, 0.15) is 11.1 Å². The molecule has 0 aliphatic heterocycles. The van der Waals surface area contributed by atoms with Gasteiger partial charge in [0.05, 0.1) is 17.2 Å². The third kappa shape index (κ3) is 2.67. The van der Waals surface area contributed by atoms with Gasteiger partial charge >= 0.3 is 0 Å². The van der Waals surface area contributed by atoms with Gasteiger partial charge in [0.25, 0.3) is 0 Å². The first-order chi connectivity index (χ1) is 7.28. The highest BCUT2D eigenvalue weighted by molar-refractivity contribution is 9.10. The molecule has 1 heterocycles. The quantitative estimate of drug-likeness (QED) is 0.925. The molecule has 15 heavy (non-hydrogen) atoms. The van der Waals surface area contributed by atoms with Crippen LogP contribution in [0.5, 0.6) is 0 Å². The summed E-state index contributed by atoms with van der Waals surface area (Å²) in [6.45, 7) is 1.38. The molecule has 1 aromatic carbocycles. The highest BCUT2D eigenvalue weighted by Gasteiger charge is 1.97. The predicted octanol–water partition coefficient (Wildman–Crippen LogP) is 2.15. The fourth-order valence-corrected chi connectivity index (χ4v) is 1.72. The minimum absolute atomic E-state index is 0.591. The largest absolute Gasteiger partial charge is 0.326 e. The lowest BCUT2D eigenvalue weighted by atomic mass is 10.1. The Morgan fingerprint density at radius 2 is 1.87 bits per heavy atom. The zero-order valence-electron chi connectivity index (χ0n) is 8.23. The van der Waals surface area contributed by atoms with Crippen molar-refractivity contribution in [3.63, 3.8) is 0 Å². The summed E-state index contributed by atoms with van der Waals surface area (Å²) in [5.74, 6) is 0. The third-order valence-electron chi connectivity index (χ3n) is 2.20. The van der Waals surface area contributed by atoms with Crippen molar-refractivity contribution >= 4 is 15.9 Å². The van der Waals surface area contributed by atoms with E-state index in [4.69, 9.17) is 5.73 Å². The van der Waals surface area contributed by atoms with Gasteiger partial charge in [-0.05, 0) is 27.1 Å². The molecule has 1 aromatic heterocycles. The molecule has 0 aliphatic carbocycles. The van der Waals surface area contributed by atoms with Crippen molar-refractivity contribution in [3.05, 3.63) is 52.3 Å². The molecule has 2 rings (SSSR count). The second-order valence-corrected chi connectivity index (χ2v) is 4.29. The van der Waals surface area contributed by atoms with Crippen LogP contribution >= 0.6 is 15.9 Å². The zero-order valence-corrected chi connectivity index (χ0v) is 9.81. The first-order valence-corrected chi connectivity index (χ1v) is 5.53. The van der Waals surface area contributed by atoms with Crippen molar-refractivity contribution in [2.24, 2.45) is 5.73 Å². The van der Waals surface area contributed by atoms with E-state index >= 15 is 0 Å². The monoisotopic (exact) mass is 265 g/mol. The van der Waals surface area contributed by atoms with Crippen LogP contribution < -0.4 is 5.73 Å². The van der Waals surface area contributed by atoms with E-state index in [1.165, 1.54) is 5.56 Å². The van der Waals surface area contributed by atoms with Gasteiger partial charge in [0.2, 0.25) is 0 Å². The Hall–Kier alpha value is -1.13. The maximum absolute atomic E-state index is 5.53. The highest BCUT2D eigenvalue weighted by Crippen LogP contribution is 2.09. The van der Waals surface area contributed by atoms with E-state index in [-0.39, 0.29) is 0 Å². The van der Waals surface area contributed by atoms with Crippen molar-refractivity contribution in [2.45, 2.75) is 13.1 Å². The fourth-order valence-electron chi connectivity index (χ4n) is 1.39. The van der Waals surface area contributed by atoms with Crippen molar-refractivity contribution in [3.8, 4) is 0 Å². The molecule has 0 saturated heterocycles. The molecule has 4 heteroatoms. The predicted molar refractivity (Wildman–Crippen MR) is 63.4 cm³/mol. The van der Waals surface area contributed by atoms with Crippen LogP contribution in [0.25, 0.3) is 0 Å². The third-order valence-corrected chi connectivity index (χ3v) is 2.61. The van der Waals surface area contributed by atoms with E-state index in [2.05, 4.69) is 33.2 Å². The van der Waals surface area contributed by atoms with Crippen LogP contribution in [0.15, 0.2) is 41.1 Å². The summed E-state index contributed by atoms with van der Waals surface area (Å²) >= 11 is 3.37. The van der Waals surface area contributed by atoms with Gasteiger partial charge in [-0.3, -0.25) is 4.68 Å². The lowest BCUT2D eigenvalue weighted by molar-refractivity contribution is 0.686. The van der Waals surface area contributed by atoms with E-state index in [1.54, 1.807) is 6.20 Å². The Labute approximate surface area is 97.0 Å². The molecule has 3 nitrogen and oxygen atoms in total. The molecule has 0 saturated carbocycles. The zero-order chi connectivity index (χ0) is 10.7. The standard InChI is InChI=1S/C11H12BrN3/c12-11-6-14-15(8-11)7-10-3-1-9(5-13)2-4-10/h1-4,6,8H,5,7,13H2. The number of nitrogens with two attached hydrogens (primary N) is 1. The summed E-state index contributed by atoms with van der Waals surface area (Å²) in [5.41, 5.74) is 7.91. The molecule has 0 bridgehead atoms. The Morgan fingerprint density at radius 3 is 2.40 bits per heavy atom. The van der Waals surface area contributed by atoms with Gasteiger partial charge < -0.3 is 5.73 Å². The van der Waals surface area contributed by atoms with Crippen LogP contribution in [0, 0.1) is 0 Å². The first-order valence-electron chi connectivity index (χ1n) is 4.74. The number of nitrogens with zero attached hydrogens (tertiary/aromatic N) is 2. The topological polar surface area (TPSA) is 43.8 Å². The Balaban J connectivity index is 2.11. The molecule has 78 valence electrons. The number of aromatic nitrogens is 2. The molecule has 0 unspecified atom stereocenters. The maximum atomic E-state index is 5.53. The summed E-state index contributed by atoms with van der Waals surface area (Å²) in [4.78, 5) is 0. The Bertz CT molecular complexity index is 433. The van der Waals surface area contributed by atoms with Gasteiger partial charge in [0.15, 0.2) is 0 Å². The molecular weight excluding hydrogens is 254 g/mol. The number of rotatable bonds is 3. The van der Waals surface area contributed by atoms with E-state index in [0.717, 1.165) is 16.6 Å². The molecule has 0 atom stereocenters. The molecule has 2 N–H and O–H groups in total. The van der Waals surface area contributed by atoms with Gasteiger partial charge in [-0.15, -0.1) is 0 Å². The first kappa shape index (κ1) is 10.4. The van der Waals surface area contributed by atoms with Gasteiger partial charge in [0, 0.05) is 12.7 Å². The van der Waals surface area contributed by atoms with Crippen molar-refractivity contribution in [1.82, 2.24) is 9.78 Å². The Kier molecular flexibility index (Phi) is 3.18. The van der Waals surface area contributed by atoms with Gasteiger partial charge in [-0.1, -0.05) is 24.3 Å². The lowest BCUT2D eigenvalue weighted by Gasteiger charge is -2.02. The van der Waals surface area contributed by atoms with Crippen LogP contribution in [-0.4, -0.2) is 9.78 Å². The van der Waals surface area contributed by atoms with Crippen LogP contribution in [0.2, 0.25) is 0 Å². The highest BCUT2D eigenvalue weighted by atomic mass is 79.9.